The van der Waals surface area contributed by atoms with Crippen molar-refractivity contribution in [3.05, 3.63) is 133 Å². The first kappa shape index (κ1) is 54.7. The molecule has 0 spiro atoms. The number of alkyl halides is 6. The predicted molar refractivity (Wildman–Crippen MR) is 253 cm³/mol. The van der Waals surface area contributed by atoms with Gasteiger partial charge in [0.05, 0.1) is 33.0 Å². The van der Waals surface area contributed by atoms with E-state index in [2.05, 4.69) is 23.8 Å². The Morgan fingerprint density at radius 3 is 1.80 bits per heavy atom. The summed E-state index contributed by atoms with van der Waals surface area (Å²) in [6, 6.07) is 24.8. The molecule has 3 fully saturated rings. The van der Waals surface area contributed by atoms with E-state index in [0.717, 1.165) is 11.1 Å². The van der Waals surface area contributed by atoms with Crippen LogP contribution < -0.4 is 10.6 Å². The van der Waals surface area contributed by atoms with Crippen molar-refractivity contribution in [2.45, 2.75) is 88.4 Å². The number of amides is 2. The quantitative estimate of drug-likeness (QED) is 0.0474. The number of hydrogen-bond donors (Lipinski definition) is 2. The van der Waals surface area contributed by atoms with E-state index in [1.54, 1.807) is 0 Å². The number of halogens is 6. The maximum absolute atomic E-state index is 13.8. The molecule has 0 unspecified atom stereocenters. The summed E-state index contributed by atoms with van der Waals surface area (Å²) < 4.78 is 69.5. The molecular weight excluding hydrogens is 1030 g/mol. The average Bonchev–Trinajstić information content (AvgIpc) is 3.33. The number of alkyl carbamates (subject to hydrolysis) is 2. The molecule has 23 heteroatoms. The van der Waals surface area contributed by atoms with Gasteiger partial charge in [-0.05, 0) is 11.1 Å². The fourth-order valence-electron chi connectivity index (χ4n) is 7.33. The molecule has 0 aromatic heterocycles. The fraction of sp³-hybridized carbons (Fsp3) is 0.457. The first-order valence-corrected chi connectivity index (χ1v) is 23.6. The van der Waals surface area contributed by atoms with Gasteiger partial charge in [0.1, 0.15) is 62.4 Å². The average molecular weight is 1080 g/mol. The summed E-state index contributed by atoms with van der Waals surface area (Å²) in [6.45, 7) is 5.39. The summed E-state index contributed by atoms with van der Waals surface area (Å²) in [7, 11) is 0. The highest BCUT2D eigenvalue weighted by Crippen LogP contribution is 2.39. The third-order valence-electron chi connectivity index (χ3n) is 10.3. The Labute approximate surface area is 428 Å². The topological polar surface area (TPSA) is 186 Å². The predicted octanol–water partition coefficient (Wildman–Crippen LogP) is 8.58. The van der Waals surface area contributed by atoms with Gasteiger partial charge >= 0.3 is 18.3 Å². The zero-order chi connectivity index (χ0) is 49.4. The van der Waals surface area contributed by atoms with Gasteiger partial charge in [0.25, 0.3) is 0 Å². The zero-order valence-electron chi connectivity index (χ0n) is 36.6. The normalized spacial score (nSPS) is 26.9. The van der Waals surface area contributed by atoms with Crippen molar-refractivity contribution in [1.29, 1.82) is 0 Å². The molecule has 3 aliphatic rings. The molecule has 0 aliphatic carbocycles. The Morgan fingerprint density at radius 2 is 1.22 bits per heavy atom. The Kier molecular flexibility index (Phi) is 21.2. The molecule has 2 N–H and O–H groups in total. The molecule has 17 nitrogen and oxygen atoms in total. The van der Waals surface area contributed by atoms with E-state index in [9.17, 15) is 14.4 Å². The highest BCUT2D eigenvalue weighted by atomic mass is 35.6. The van der Waals surface area contributed by atoms with Gasteiger partial charge in [-0.25, -0.2) is 14.4 Å². The number of ether oxygens (including phenoxy) is 12. The van der Waals surface area contributed by atoms with E-state index in [1.807, 2.05) is 91.0 Å². The summed E-state index contributed by atoms with van der Waals surface area (Å²) in [5.74, 6) is 0. The zero-order valence-corrected chi connectivity index (χ0v) is 41.2. The maximum atomic E-state index is 13.8. The molecule has 3 heterocycles. The minimum absolute atomic E-state index is 0.0109. The van der Waals surface area contributed by atoms with Gasteiger partial charge < -0.3 is 67.5 Å². The first-order valence-electron chi connectivity index (χ1n) is 21.3. The second kappa shape index (κ2) is 26.7. The van der Waals surface area contributed by atoms with Crippen molar-refractivity contribution in [3.8, 4) is 0 Å². The van der Waals surface area contributed by atoms with Crippen LogP contribution in [0.3, 0.4) is 0 Å². The Morgan fingerprint density at radius 1 is 0.652 bits per heavy atom. The highest BCUT2D eigenvalue weighted by molar-refractivity contribution is 6.68. The van der Waals surface area contributed by atoms with Crippen molar-refractivity contribution < 1.29 is 71.2 Å². The number of fused-ring (bicyclic) bond motifs is 1. The minimum Gasteiger partial charge on any atom is -0.445 e. The van der Waals surface area contributed by atoms with Crippen LogP contribution in [0.4, 0.5) is 14.4 Å². The van der Waals surface area contributed by atoms with E-state index in [-0.39, 0.29) is 39.6 Å². The van der Waals surface area contributed by atoms with Gasteiger partial charge in [-0.2, -0.15) is 0 Å². The maximum Gasteiger partial charge on any atom is 0.509 e. The summed E-state index contributed by atoms with van der Waals surface area (Å²) in [4.78, 5) is 40.8. The summed E-state index contributed by atoms with van der Waals surface area (Å²) in [6.07, 6.45) is -11.9. The molecular formula is C46H50Cl6N2O15. The monoisotopic (exact) mass is 1080 g/mol. The van der Waals surface area contributed by atoms with E-state index in [0.29, 0.717) is 5.56 Å². The lowest BCUT2D eigenvalue weighted by atomic mass is 9.93. The number of hydrogen-bond acceptors (Lipinski definition) is 15. The van der Waals surface area contributed by atoms with Crippen LogP contribution in [0.1, 0.15) is 23.0 Å². The van der Waals surface area contributed by atoms with Gasteiger partial charge in [-0.15, -0.1) is 6.58 Å². The Bertz CT molecular complexity index is 2090. The smallest absolute Gasteiger partial charge is 0.445 e. The van der Waals surface area contributed by atoms with E-state index < -0.39 is 107 Å². The summed E-state index contributed by atoms with van der Waals surface area (Å²) >= 11 is 35.6. The summed E-state index contributed by atoms with van der Waals surface area (Å²) in [5.41, 5.74) is 2.28. The highest BCUT2D eigenvalue weighted by Gasteiger charge is 2.57. The second-order valence-corrected chi connectivity index (χ2v) is 20.4. The summed E-state index contributed by atoms with van der Waals surface area (Å²) in [5, 5.41) is 5.36. The number of nitrogens with one attached hydrogen (secondary N) is 2. The molecule has 11 atom stereocenters. The standard InChI is InChI=1S/C46H50Cl6N2O15/c1-3-20-59-40-34(54-43(56)64-27-46(50,51)52)38(69-44(57)60-21-4-2)36(31(65-40)24-58-22-28-14-8-5-9-15-28)68-41-33(53-42(55)63-26-45(47,48)49)37(61-23-29-16-10-6-11-17-29)35-32(66-41)25-62-39(67-35)30-18-12-7-13-19-30/h3-19,31-41H,1-2,20-27H2,(H,53,55)(H,54,56)/t31-,32-,33-,34-,35-,36-,37-,38-,39-,40+,41+/m1/s1. The van der Waals surface area contributed by atoms with Crippen molar-refractivity contribution >= 4 is 87.9 Å². The van der Waals surface area contributed by atoms with Crippen molar-refractivity contribution in [2.75, 3.05) is 39.6 Å². The van der Waals surface area contributed by atoms with E-state index >= 15 is 0 Å². The number of rotatable bonds is 20. The number of carbonyl (C=O) groups excluding carboxylic acids is 3. The molecule has 376 valence electrons. The molecule has 3 aromatic carbocycles. The molecule has 3 aliphatic heterocycles. The SMILES string of the molecule is C=CCOC(=O)O[C@@H]1[C@@H](NC(=O)OCC(Cl)(Cl)Cl)[C@@H](OCC=C)O[C@H](COCc2ccccc2)[C@H]1O[C@@H]1O[C@@H]2CO[C@@H](c3ccccc3)O[C@H]2[C@H](OCc2ccccc2)[C@H]1NC(=O)OCC(Cl)(Cl)Cl. The number of benzene rings is 3. The van der Waals surface area contributed by atoms with Crippen LogP contribution in [0.15, 0.2) is 116 Å². The molecule has 0 saturated carbocycles. The Balaban J connectivity index is 1.43. The first-order chi connectivity index (χ1) is 33.1. The van der Waals surface area contributed by atoms with E-state index in [4.69, 9.17) is 126 Å². The molecule has 3 saturated heterocycles. The third-order valence-corrected chi connectivity index (χ3v) is 10.9. The van der Waals surface area contributed by atoms with Crippen molar-refractivity contribution in [1.82, 2.24) is 10.6 Å². The van der Waals surface area contributed by atoms with Crippen LogP contribution >= 0.6 is 69.6 Å². The lowest BCUT2D eigenvalue weighted by molar-refractivity contribution is -0.369. The lowest BCUT2D eigenvalue weighted by Gasteiger charge is -2.51. The molecule has 3 aromatic rings. The van der Waals surface area contributed by atoms with Crippen LogP contribution in [0.2, 0.25) is 0 Å². The third kappa shape index (κ3) is 17.3. The van der Waals surface area contributed by atoms with Crippen LogP contribution in [-0.4, -0.2) is 127 Å². The van der Waals surface area contributed by atoms with Crippen molar-refractivity contribution in [3.63, 3.8) is 0 Å². The molecule has 69 heavy (non-hydrogen) atoms. The Hall–Kier alpha value is -3.63. The van der Waals surface area contributed by atoms with Gasteiger partial charge in [0.2, 0.25) is 7.59 Å². The number of carbonyl (C=O) groups is 3. The van der Waals surface area contributed by atoms with Crippen LogP contribution in [0.5, 0.6) is 0 Å². The van der Waals surface area contributed by atoms with Crippen LogP contribution in [-0.2, 0) is 70.1 Å². The molecule has 0 radical (unpaired) electrons. The lowest BCUT2D eigenvalue weighted by Crippen LogP contribution is -2.71. The van der Waals surface area contributed by atoms with Gasteiger partial charge in [-0.3, -0.25) is 0 Å². The van der Waals surface area contributed by atoms with Gasteiger partial charge in [-0.1, -0.05) is 179 Å². The van der Waals surface area contributed by atoms with Crippen LogP contribution in [0, 0.1) is 0 Å². The van der Waals surface area contributed by atoms with Gasteiger partial charge in [0.15, 0.2) is 25.0 Å². The largest absolute Gasteiger partial charge is 0.509 e. The van der Waals surface area contributed by atoms with E-state index in [1.165, 1.54) is 12.2 Å². The molecule has 2 amide bonds. The van der Waals surface area contributed by atoms with Crippen LogP contribution in [0.25, 0.3) is 0 Å². The molecule has 6 rings (SSSR count). The van der Waals surface area contributed by atoms with Gasteiger partial charge in [0, 0.05) is 5.56 Å². The molecule has 0 bridgehead atoms. The van der Waals surface area contributed by atoms with Crippen molar-refractivity contribution in [2.24, 2.45) is 0 Å². The fourth-order valence-corrected chi connectivity index (χ4v) is 7.66. The second-order valence-electron chi connectivity index (χ2n) is 15.4. The minimum atomic E-state index is -2.00.